The van der Waals surface area contributed by atoms with E-state index in [0.717, 1.165) is 22.6 Å². The third-order valence-electron chi connectivity index (χ3n) is 6.91. The zero-order chi connectivity index (χ0) is 27.2. The molecule has 3 heterocycles. The molecule has 0 aliphatic carbocycles. The van der Waals surface area contributed by atoms with E-state index in [1.807, 2.05) is 85.8 Å². The molecular weight excluding hydrogens is 494 g/mol. The summed E-state index contributed by atoms with van der Waals surface area (Å²) in [5, 5.41) is 6.50. The van der Waals surface area contributed by atoms with Crippen molar-refractivity contribution in [3.05, 3.63) is 114 Å². The lowest BCUT2D eigenvalue weighted by molar-refractivity contribution is -0.138. The van der Waals surface area contributed by atoms with Crippen molar-refractivity contribution in [3.63, 3.8) is 0 Å². The van der Waals surface area contributed by atoms with Crippen LogP contribution in [0.5, 0.6) is 5.75 Å². The second kappa shape index (κ2) is 11.5. The van der Waals surface area contributed by atoms with Crippen molar-refractivity contribution in [2.45, 2.75) is 37.6 Å². The number of fused-ring (bicyclic) bond motifs is 2. The van der Waals surface area contributed by atoms with Gasteiger partial charge in [-0.3, -0.25) is 9.78 Å². The number of benzene rings is 2. The first-order valence-electron chi connectivity index (χ1n) is 12.9. The van der Waals surface area contributed by atoms with Crippen LogP contribution in [0.2, 0.25) is 0 Å². The number of amides is 1. The van der Waals surface area contributed by atoms with E-state index >= 15 is 0 Å². The number of ether oxygens (including phenoxy) is 3. The summed E-state index contributed by atoms with van der Waals surface area (Å²) in [6.07, 6.45) is 6.88. The predicted octanol–water partition coefficient (Wildman–Crippen LogP) is 4.00. The number of rotatable bonds is 11. The largest absolute Gasteiger partial charge is 0.494 e. The van der Waals surface area contributed by atoms with Gasteiger partial charge in [-0.15, -0.1) is 0 Å². The summed E-state index contributed by atoms with van der Waals surface area (Å²) in [4.78, 5) is 30.8. The first-order chi connectivity index (χ1) is 19.0. The highest BCUT2D eigenvalue weighted by atomic mass is 16.5. The lowest BCUT2D eigenvalue weighted by Crippen LogP contribution is -2.49. The van der Waals surface area contributed by atoms with Crippen molar-refractivity contribution >= 4 is 17.6 Å². The van der Waals surface area contributed by atoms with E-state index in [2.05, 4.69) is 15.6 Å². The van der Waals surface area contributed by atoms with Crippen molar-refractivity contribution in [2.75, 3.05) is 19.0 Å². The van der Waals surface area contributed by atoms with E-state index in [9.17, 15) is 9.59 Å². The molecule has 2 aromatic carbocycles. The summed E-state index contributed by atoms with van der Waals surface area (Å²) in [5.41, 5.74) is 1.99. The Morgan fingerprint density at radius 1 is 1.05 bits per heavy atom. The van der Waals surface area contributed by atoms with E-state index < -0.39 is 23.7 Å². The Bertz CT molecular complexity index is 1390. The Hall–Kier alpha value is -4.43. The number of carbonyl (C=O) groups excluding carboxylic acids is 2. The highest BCUT2D eigenvalue weighted by Gasteiger charge is 2.58. The standard InChI is InChI=1S/C31H31N3O5/c1-3-38-24-11-7-10-23(19-24)34-26(18-21-8-5-4-6-9-21)31-15-12-25(39-31)27(28(31)30(36)37-2)29(35)33-20-22-13-16-32-17-14-22/h4-17,19,25-26,34H,3,18,20H2,1-2H3,(H,33,35). The van der Waals surface area contributed by atoms with Crippen LogP contribution < -0.4 is 15.4 Å². The minimum absolute atomic E-state index is 0.208. The van der Waals surface area contributed by atoms with Gasteiger partial charge in [0.25, 0.3) is 5.91 Å². The molecule has 2 aliphatic rings. The Balaban J connectivity index is 1.52. The molecule has 0 radical (unpaired) electrons. The van der Waals surface area contributed by atoms with E-state index in [1.165, 1.54) is 7.11 Å². The van der Waals surface area contributed by atoms with Gasteiger partial charge in [-0.2, -0.15) is 0 Å². The summed E-state index contributed by atoms with van der Waals surface area (Å²) in [7, 11) is 1.32. The summed E-state index contributed by atoms with van der Waals surface area (Å²) < 4.78 is 17.4. The van der Waals surface area contributed by atoms with Crippen LogP contribution in [0.4, 0.5) is 5.69 Å². The minimum atomic E-state index is -1.22. The third kappa shape index (κ3) is 5.42. The average Bonchev–Trinajstić information content (AvgIpc) is 3.55. The van der Waals surface area contributed by atoms with E-state index in [4.69, 9.17) is 14.2 Å². The molecule has 5 rings (SSSR count). The number of hydrogen-bond donors (Lipinski definition) is 2. The van der Waals surface area contributed by atoms with Crippen LogP contribution in [0.3, 0.4) is 0 Å². The molecule has 0 saturated heterocycles. The summed E-state index contributed by atoms with van der Waals surface area (Å²) in [6, 6.07) is 20.8. The van der Waals surface area contributed by atoms with Gasteiger partial charge in [-0.25, -0.2) is 4.79 Å². The monoisotopic (exact) mass is 525 g/mol. The van der Waals surface area contributed by atoms with Gasteiger partial charge in [-0.1, -0.05) is 42.5 Å². The molecule has 3 unspecified atom stereocenters. The van der Waals surface area contributed by atoms with Crippen LogP contribution in [-0.2, 0) is 32.0 Å². The van der Waals surface area contributed by atoms with Gasteiger partial charge in [0.2, 0.25) is 0 Å². The molecule has 1 amide bonds. The number of methoxy groups -OCH3 is 1. The first-order valence-corrected chi connectivity index (χ1v) is 12.9. The maximum absolute atomic E-state index is 13.5. The number of pyridine rings is 1. The van der Waals surface area contributed by atoms with Crippen molar-refractivity contribution < 1.29 is 23.8 Å². The minimum Gasteiger partial charge on any atom is -0.494 e. The van der Waals surface area contributed by atoms with Crippen LogP contribution >= 0.6 is 0 Å². The zero-order valence-corrected chi connectivity index (χ0v) is 21.9. The van der Waals surface area contributed by atoms with Gasteiger partial charge in [0.15, 0.2) is 0 Å². The fraction of sp³-hybridized carbons (Fsp3) is 0.258. The molecule has 1 aromatic heterocycles. The lowest BCUT2D eigenvalue weighted by atomic mass is 9.78. The SMILES string of the molecule is CCOc1cccc(NC(Cc2ccccc2)C23C=CC(O2)C(C(=O)NCc2ccncc2)=C3C(=O)OC)c1. The highest BCUT2D eigenvalue weighted by Crippen LogP contribution is 2.47. The highest BCUT2D eigenvalue weighted by molar-refractivity contribution is 6.07. The molecule has 0 spiro atoms. The molecule has 39 heavy (non-hydrogen) atoms. The Morgan fingerprint density at radius 2 is 1.85 bits per heavy atom. The molecule has 8 nitrogen and oxygen atoms in total. The van der Waals surface area contributed by atoms with Gasteiger partial charge in [0.05, 0.1) is 30.9 Å². The Kier molecular flexibility index (Phi) is 7.74. The quantitative estimate of drug-likeness (QED) is 0.288. The number of esters is 1. The van der Waals surface area contributed by atoms with E-state index in [-0.39, 0.29) is 17.1 Å². The number of aromatic nitrogens is 1. The molecule has 3 atom stereocenters. The summed E-state index contributed by atoms with van der Waals surface area (Å²) in [5.74, 6) is -0.246. The van der Waals surface area contributed by atoms with E-state index in [1.54, 1.807) is 12.4 Å². The lowest BCUT2D eigenvalue weighted by Gasteiger charge is -2.36. The predicted molar refractivity (Wildman–Crippen MR) is 147 cm³/mol. The van der Waals surface area contributed by atoms with Crippen molar-refractivity contribution in [1.82, 2.24) is 10.3 Å². The second-order valence-corrected chi connectivity index (χ2v) is 9.36. The van der Waals surface area contributed by atoms with Crippen LogP contribution in [0, 0.1) is 0 Å². The zero-order valence-electron chi connectivity index (χ0n) is 21.9. The number of carbonyl (C=O) groups is 2. The van der Waals surface area contributed by atoms with Gasteiger partial charge < -0.3 is 24.8 Å². The Labute approximate surface area is 227 Å². The van der Waals surface area contributed by atoms with Gasteiger partial charge in [-0.05, 0) is 54.8 Å². The topological polar surface area (TPSA) is 98.8 Å². The molecule has 2 N–H and O–H groups in total. The van der Waals surface area contributed by atoms with Gasteiger partial charge in [0.1, 0.15) is 17.5 Å². The van der Waals surface area contributed by atoms with Crippen LogP contribution in [0.15, 0.2) is 102 Å². The summed E-state index contributed by atoms with van der Waals surface area (Å²) >= 11 is 0. The number of hydrogen-bond acceptors (Lipinski definition) is 7. The van der Waals surface area contributed by atoms with Crippen LogP contribution in [-0.4, -0.2) is 48.3 Å². The first kappa shape index (κ1) is 26.2. The molecule has 200 valence electrons. The van der Waals surface area contributed by atoms with Crippen LogP contribution in [0.1, 0.15) is 18.1 Å². The normalized spacial score (nSPS) is 20.0. The number of anilines is 1. The smallest absolute Gasteiger partial charge is 0.337 e. The fourth-order valence-corrected chi connectivity index (χ4v) is 5.14. The second-order valence-electron chi connectivity index (χ2n) is 9.36. The maximum Gasteiger partial charge on any atom is 0.337 e. The van der Waals surface area contributed by atoms with Crippen molar-refractivity contribution in [2.24, 2.45) is 0 Å². The molecular formula is C31H31N3O5. The number of nitrogens with zero attached hydrogens (tertiary/aromatic N) is 1. The fourth-order valence-electron chi connectivity index (χ4n) is 5.14. The maximum atomic E-state index is 13.5. The summed E-state index contributed by atoms with van der Waals surface area (Å²) in [6.45, 7) is 2.77. The molecule has 2 aliphatic heterocycles. The van der Waals surface area contributed by atoms with Gasteiger partial charge in [0, 0.05) is 30.7 Å². The Morgan fingerprint density at radius 3 is 2.59 bits per heavy atom. The van der Waals surface area contributed by atoms with Crippen molar-refractivity contribution in [3.8, 4) is 5.75 Å². The number of nitrogens with one attached hydrogen (secondary N) is 2. The molecule has 3 aromatic rings. The average molecular weight is 526 g/mol. The third-order valence-corrected chi connectivity index (χ3v) is 6.91. The molecule has 0 fully saturated rings. The van der Waals surface area contributed by atoms with Gasteiger partial charge >= 0.3 is 5.97 Å². The van der Waals surface area contributed by atoms with Crippen molar-refractivity contribution in [1.29, 1.82) is 0 Å². The molecule has 2 bridgehead atoms. The molecule has 0 saturated carbocycles. The van der Waals surface area contributed by atoms with Crippen LogP contribution in [0.25, 0.3) is 0 Å². The molecule has 8 heteroatoms. The van der Waals surface area contributed by atoms with E-state index in [0.29, 0.717) is 19.6 Å².